The van der Waals surface area contributed by atoms with Crippen LogP contribution in [0.1, 0.15) is 51.7 Å². The van der Waals surface area contributed by atoms with Gasteiger partial charge in [0.2, 0.25) is 5.91 Å². The molecule has 176 valence electrons. The minimum Gasteiger partial charge on any atom is -0.469 e. The van der Waals surface area contributed by atoms with Gasteiger partial charge in [-0.2, -0.15) is 0 Å². The number of carbonyl (C=O) groups excluding carboxylic acids is 1. The molecule has 2 N–H and O–H groups in total. The molecule has 31 heavy (non-hydrogen) atoms. The van der Waals surface area contributed by atoms with E-state index >= 15 is 0 Å². The van der Waals surface area contributed by atoms with Gasteiger partial charge in [0, 0.05) is 57.1 Å². The number of piperidine rings is 1. The van der Waals surface area contributed by atoms with Crippen LogP contribution in [0.2, 0.25) is 0 Å². The Kier molecular flexibility index (Phi) is 11.7. The first kappa shape index (κ1) is 26.0. The number of nitrogens with zero attached hydrogens (tertiary/aromatic N) is 2. The number of likely N-dealkylation sites (tertiary alicyclic amines) is 1. The van der Waals surface area contributed by atoms with Crippen LogP contribution in [-0.4, -0.2) is 62.2 Å². The molecular formula is C23H39IN4O3. The van der Waals surface area contributed by atoms with Gasteiger partial charge in [0.25, 0.3) is 0 Å². The van der Waals surface area contributed by atoms with Crippen LogP contribution in [0.3, 0.4) is 0 Å². The number of hydrogen-bond donors (Lipinski definition) is 2. The Bertz CT molecular complexity index is 650. The Morgan fingerprint density at radius 1 is 1.26 bits per heavy atom. The third-order valence-corrected chi connectivity index (χ3v) is 6.26. The number of hydrogen-bond acceptors (Lipinski definition) is 4. The molecule has 2 aliphatic heterocycles. The Balaban J connectivity index is 0.00000341. The van der Waals surface area contributed by atoms with Gasteiger partial charge in [-0.15, -0.1) is 24.0 Å². The fraction of sp³-hybridized carbons (Fsp3) is 0.739. The maximum absolute atomic E-state index is 12.6. The molecule has 0 saturated carbocycles. The smallest absolute Gasteiger partial charge is 0.225 e. The van der Waals surface area contributed by atoms with Gasteiger partial charge in [0.05, 0.1) is 12.9 Å². The molecule has 0 aromatic carbocycles. The first-order chi connectivity index (χ1) is 14.7. The molecule has 1 unspecified atom stereocenters. The molecule has 3 heterocycles. The van der Waals surface area contributed by atoms with Gasteiger partial charge in [-0.05, 0) is 44.2 Å². The second-order valence-corrected chi connectivity index (χ2v) is 8.43. The van der Waals surface area contributed by atoms with Crippen molar-refractivity contribution < 1.29 is 13.9 Å². The van der Waals surface area contributed by atoms with Gasteiger partial charge in [-0.3, -0.25) is 9.79 Å². The Morgan fingerprint density at radius 3 is 2.65 bits per heavy atom. The van der Waals surface area contributed by atoms with Crippen molar-refractivity contribution in [2.75, 3.05) is 39.4 Å². The number of furan rings is 1. The van der Waals surface area contributed by atoms with Crippen molar-refractivity contribution in [3.63, 3.8) is 0 Å². The summed E-state index contributed by atoms with van der Waals surface area (Å²) in [5.74, 6) is 2.83. The number of carbonyl (C=O) groups is 1. The quantitative estimate of drug-likeness (QED) is 0.282. The first-order valence-corrected chi connectivity index (χ1v) is 11.6. The fourth-order valence-corrected chi connectivity index (χ4v) is 4.19. The molecule has 3 rings (SSSR count). The molecule has 2 aliphatic rings. The highest BCUT2D eigenvalue weighted by Gasteiger charge is 2.27. The summed E-state index contributed by atoms with van der Waals surface area (Å²) in [5, 5.41) is 7.06. The molecule has 8 heteroatoms. The summed E-state index contributed by atoms with van der Waals surface area (Å²) < 4.78 is 10.9. The number of guanidine groups is 1. The fourth-order valence-electron chi connectivity index (χ4n) is 4.19. The number of ether oxygens (including phenoxy) is 1. The summed E-state index contributed by atoms with van der Waals surface area (Å²) in [4.78, 5) is 19.5. The van der Waals surface area contributed by atoms with Crippen LogP contribution in [0, 0.1) is 11.8 Å². The highest BCUT2D eigenvalue weighted by atomic mass is 127. The molecule has 7 nitrogen and oxygen atoms in total. The lowest BCUT2D eigenvalue weighted by molar-refractivity contribution is -0.136. The first-order valence-electron chi connectivity index (χ1n) is 11.6. The van der Waals surface area contributed by atoms with E-state index in [2.05, 4.69) is 24.5 Å². The van der Waals surface area contributed by atoms with E-state index in [-0.39, 0.29) is 29.9 Å². The second-order valence-electron chi connectivity index (χ2n) is 8.43. The van der Waals surface area contributed by atoms with Crippen molar-refractivity contribution >= 4 is 35.8 Å². The average molecular weight is 546 g/mol. The van der Waals surface area contributed by atoms with Crippen LogP contribution in [-0.2, 0) is 16.0 Å². The zero-order chi connectivity index (χ0) is 21.2. The molecule has 0 radical (unpaired) electrons. The SMILES string of the molecule is CCC(CC)C(=O)N1CCC(NC(=NCC2CCOC2)NCCc2ccco2)CC1.I. The predicted octanol–water partition coefficient (Wildman–Crippen LogP) is 3.44. The lowest BCUT2D eigenvalue weighted by Gasteiger charge is -2.35. The van der Waals surface area contributed by atoms with Gasteiger partial charge in [-0.1, -0.05) is 13.8 Å². The number of amides is 1. The van der Waals surface area contributed by atoms with E-state index in [1.807, 2.05) is 17.0 Å². The van der Waals surface area contributed by atoms with Crippen molar-refractivity contribution in [2.24, 2.45) is 16.8 Å². The number of aliphatic imine (C=N–C) groups is 1. The summed E-state index contributed by atoms with van der Waals surface area (Å²) in [6.07, 6.45) is 7.37. The zero-order valence-corrected chi connectivity index (χ0v) is 21.3. The van der Waals surface area contributed by atoms with E-state index in [4.69, 9.17) is 14.1 Å². The van der Waals surface area contributed by atoms with E-state index in [0.717, 1.165) is 89.6 Å². The minimum atomic E-state index is 0. The van der Waals surface area contributed by atoms with E-state index in [1.165, 1.54) is 0 Å². The van der Waals surface area contributed by atoms with Crippen molar-refractivity contribution in [3.05, 3.63) is 24.2 Å². The molecular weight excluding hydrogens is 507 g/mol. The highest BCUT2D eigenvalue weighted by Crippen LogP contribution is 2.17. The van der Waals surface area contributed by atoms with Crippen molar-refractivity contribution in [2.45, 2.75) is 58.4 Å². The zero-order valence-electron chi connectivity index (χ0n) is 19.0. The third-order valence-electron chi connectivity index (χ3n) is 6.26. The standard InChI is InChI=1S/C23H38N4O3.HI/c1-3-19(4-2)22(28)27-12-8-20(9-13-27)26-23(25-16-18-10-15-29-17-18)24-11-7-21-6-5-14-30-21;/h5-6,14,18-20H,3-4,7-13,15-17H2,1-2H3,(H2,24,25,26);1H. The molecule has 1 aromatic heterocycles. The van der Waals surface area contributed by atoms with Crippen molar-refractivity contribution in [1.82, 2.24) is 15.5 Å². The third kappa shape index (κ3) is 8.29. The number of rotatable bonds is 9. The summed E-state index contributed by atoms with van der Waals surface area (Å²) >= 11 is 0. The van der Waals surface area contributed by atoms with Crippen LogP contribution in [0.25, 0.3) is 0 Å². The van der Waals surface area contributed by atoms with Crippen LogP contribution in [0.4, 0.5) is 0 Å². The van der Waals surface area contributed by atoms with E-state index in [0.29, 0.717) is 17.9 Å². The van der Waals surface area contributed by atoms with Crippen LogP contribution in [0.5, 0.6) is 0 Å². The topological polar surface area (TPSA) is 79.1 Å². The molecule has 0 bridgehead atoms. The van der Waals surface area contributed by atoms with Gasteiger partial charge in [0.1, 0.15) is 5.76 Å². The molecule has 1 aromatic rings. The molecule has 1 amide bonds. The van der Waals surface area contributed by atoms with Crippen LogP contribution >= 0.6 is 24.0 Å². The largest absolute Gasteiger partial charge is 0.469 e. The van der Waals surface area contributed by atoms with Gasteiger partial charge in [0.15, 0.2) is 5.96 Å². The molecule has 1 atom stereocenters. The van der Waals surface area contributed by atoms with E-state index in [9.17, 15) is 4.79 Å². The van der Waals surface area contributed by atoms with Gasteiger partial charge < -0.3 is 24.7 Å². The average Bonchev–Trinajstić information content (AvgIpc) is 3.47. The lowest BCUT2D eigenvalue weighted by atomic mass is 9.98. The Morgan fingerprint density at radius 2 is 2.03 bits per heavy atom. The normalized spacial score (nSPS) is 20.0. The maximum atomic E-state index is 12.6. The van der Waals surface area contributed by atoms with Crippen molar-refractivity contribution in [1.29, 1.82) is 0 Å². The van der Waals surface area contributed by atoms with Gasteiger partial charge in [-0.25, -0.2) is 0 Å². The monoisotopic (exact) mass is 546 g/mol. The maximum Gasteiger partial charge on any atom is 0.225 e. The van der Waals surface area contributed by atoms with Crippen LogP contribution in [0.15, 0.2) is 27.8 Å². The Labute approximate surface area is 203 Å². The molecule has 0 aliphatic carbocycles. The summed E-state index contributed by atoms with van der Waals surface area (Å²) in [5.41, 5.74) is 0. The highest BCUT2D eigenvalue weighted by molar-refractivity contribution is 14.0. The number of nitrogens with one attached hydrogen (secondary N) is 2. The summed E-state index contributed by atoms with van der Waals surface area (Å²) in [6, 6.07) is 4.25. The van der Waals surface area contributed by atoms with Crippen molar-refractivity contribution in [3.8, 4) is 0 Å². The Hall–Kier alpha value is -1.29. The molecule has 0 spiro atoms. The predicted molar refractivity (Wildman–Crippen MR) is 134 cm³/mol. The summed E-state index contributed by atoms with van der Waals surface area (Å²) in [7, 11) is 0. The minimum absolute atomic E-state index is 0. The molecule has 2 saturated heterocycles. The van der Waals surface area contributed by atoms with Gasteiger partial charge >= 0.3 is 0 Å². The second kappa shape index (κ2) is 14.0. The lowest BCUT2D eigenvalue weighted by Crippen LogP contribution is -2.51. The van der Waals surface area contributed by atoms with E-state index in [1.54, 1.807) is 6.26 Å². The van der Waals surface area contributed by atoms with Crippen LogP contribution < -0.4 is 10.6 Å². The molecule has 2 fully saturated rings. The van der Waals surface area contributed by atoms with E-state index < -0.39 is 0 Å². The summed E-state index contributed by atoms with van der Waals surface area (Å²) in [6.45, 7) is 9.05. The number of halogens is 1.